The van der Waals surface area contributed by atoms with Gasteiger partial charge in [-0.15, -0.1) is 0 Å². The molecule has 5 heteroatoms. The molecule has 0 spiro atoms. The van der Waals surface area contributed by atoms with Crippen molar-refractivity contribution in [3.63, 3.8) is 0 Å². The summed E-state index contributed by atoms with van der Waals surface area (Å²) in [6.45, 7) is 1.98. The first-order valence-corrected chi connectivity index (χ1v) is 6.51. The second-order valence-electron chi connectivity index (χ2n) is 3.69. The molecule has 0 aromatic carbocycles. The number of aromatic nitrogens is 1. The molecule has 1 aromatic rings. The van der Waals surface area contributed by atoms with Crippen molar-refractivity contribution < 1.29 is 9.90 Å². The minimum absolute atomic E-state index is 0.0255. The number of aromatic amines is 1. The third-order valence-electron chi connectivity index (χ3n) is 2.44. The molecule has 4 nitrogen and oxygen atoms in total. The number of rotatable bonds is 6. The Kier molecular flexibility index (Phi) is 5.42. The first kappa shape index (κ1) is 13.1. The van der Waals surface area contributed by atoms with Gasteiger partial charge in [-0.25, -0.2) is 0 Å². The summed E-state index contributed by atoms with van der Waals surface area (Å²) in [6, 6.07) is 3.72. The van der Waals surface area contributed by atoms with Crippen LogP contribution in [0.2, 0.25) is 0 Å². The molecule has 0 bridgehead atoms. The third kappa shape index (κ3) is 3.90. The average Bonchev–Trinajstić information content (AvgIpc) is 2.71. The SMILES string of the molecule is CSC(CO)C(C)NC(=O)Cc1ccc[nH]1. The van der Waals surface area contributed by atoms with E-state index in [0.717, 1.165) is 5.69 Å². The van der Waals surface area contributed by atoms with Crippen LogP contribution in [0.3, 0.4) is 0 Å². The van der Waals surface area contributed by atoms with E-state index in [0.29, 0.717) is 6.42 Å². The number of hydrogen-bond acceptors (Lipinski definition) is 3. The van der Waals surface area contributed by atoms with Gasteiger partial charge in [0.2, 0.25) is 5.91 Å². The van der Waals surface area contributed by atoms with E-state index >= 15 is 0 Å². The van der Waals surface area contributed by atoms with E-state index in [9.17, 15) is 4.79 Å². The average molecular weight is 242 g/mol. The highest BCUT2D eigenvalue weighted by Crippen LogP contribution is 2.10. The Morgan fingerprint density at radius 3 is 2.94 bits per heavy atom. The van der Waals surface area contributed by atoms with Crippen molar-refractivity contribution in [3.05, 3.63) is 24.0 Å². The number of H-pyrrole nitrogens is 1. The van der Waals surface area contributed by atoms with E-state index in [4.69, 9.17) is 5.11 Å². The van der Waals surface area contributed by atoms with E-state index in [1.54, 1.807) is 18.0 Å². The quantitative estimate of drug-likeness (QED) is 0.691. The fourth-order valence-electron chi connectivity index (χ4n) is 1.49. The van der Waals surface area contributed by atoms with Gasteiger partial charge in [0.15, 0.2) is 0 Å². The minimum atomic E-state index is -0.0255. The number of carbonyl (C=O) groups is 1. The molecule has 1 heterocycles. The number of aliphatic hydroxyl groups is 1. The molecule has 0 aliphatic carbocycles. The van der Waals surface area contributed by atoms with Crippen molar-refractivity contribution in [3.8, 4) is 0 Å². The molecule has 0 aliphatic rings. The zero-order valence-electron chi connectivity index (χ0n) is 9.56. The smallest absolute Gasteiger partial charge is 0.226 e. The van der Waals surface area contributed by atoms with Crippen LogP contribution in [0, 0.1) is 0 Å². The van der Waals surface area contributed by atoms with Crippen molar-refractivity contribution in [2.24, 2.45) is 0 Å². The fourth-order valence-corrected chi connectivity index (χ4v) is 2.11. The van der Waals surface area contributed by atoms with Crippen LogP contribution in [-0.2, 0) is 11.2 Å². The molecule has 0 saturated carbocycles. The summed E-state index contributed by atoms with van der Waals surface area (Å²) in [6.07, 6.45) is 4.07. The molecule has 3 N–H and O–H groups in total. The van der Waals surface area contributed by atoms with Crippen molar-refractivity contribution in [2.75, 3.05) is 12.9 Å². The second-order valence-corrected chi connectivity index (χ2v) is 4.76. The standard InChI is InChI=1S/C11H18N2O2S/c1-8(10(7-14)16-2)13-11(15)6-9-4-3-5-12-9/h3-5,8,10,12,14H,6-7H2,1-2H3,(H,13,15). The molecule has 1 rings (SSSR count). The summed E-state index contributed by atoms with van der Waals surface area (Å²) in [4.78, 5) is 14.6. The van der Waals surface area contributed by atoms with Gasteiger partial charge in [-0.1, -0.05) is 0 Å². The maximum Gasteiger partial charge on any atom is 0.226 e. The zero-order chi connectivity index (χ0) is 12.0. The van der Waals surface area contributed by atoms with Gasteiger partial charge in [0.25, 0.3) is 0 Å². The van der Waals surface area contributed by atoms with Crippen LogP contribution in [0.15, 0.2) is 18.3 Å². The van der Waals surface area contributed by atoms with Gasteiger partial charge in [0.05, 0.1) is 13.0 Å². The van der Waals surface area contributed by atoms with Crippen LogP contribution in [-0.4, -0.2) is 40.2 Å². The summed E-state index contributed by atoms with van der Waals surface area (Å²) < 4.78 is 0. The highest BCUT2D eigenvalue weighted by atomic mass is 32.2. The maximum atomic E-state index is 11.6. The summed E-state index contributed by atoms with van der Waals surface area (Å²) in [7, 11) is 0. The molecule has 2 unspecified atom stereocenters. The molecule has 1 aromatic heterocycles. The van der Waals surface area contributed by atoms with E-state index < -0.39 is 0 Å². The minimum Gasteiger partial charge on any atom is -0.395 e. The van der Waals surface area contributed by atoms with Crippen LogP contribution in [0.5, 0.6) is 0 Å². The van der Waals surface area contributed by atoms with Gasteiger partial charge in [0.1, 0.15) is 0 Å². The van der Waals surface area contributed by atoms with E-state index in [1.807, 2.05) is 25.3 Å². The lowest BCUT2D eigenvalue weighted by atomic mass is 10.2. The van der Waals surface area contributed by atoms with Crippen molar-refractivity contribution >= 4 is 17.7 Å². The molecule has 0 fully saturated rings. The van der Waals surface area contributed by atoms with Gasteiger partial charge >= 0.3 is 0 Å². The lowest BCUT2D eigenvalue weighted by Crippen LogP contribution is -2.41. The lowest BCUT2D eigenvalue weighted by Gasteiger charge is -2.21. The van der Waals surface area contributed by atoms with Crippen molar-refractivity contribution in [1.82, 2.24) is 10.3 Å². The topological polar surface area (TPSA) is 65.1 Å². The molecule has 16 heavy (non-hydrogen) atoms. The Morgan fingerprint density at radius 1 is 1.69 bits per heavy atom. The maximum absolute atomic E-state index is 11.6. The summed E-state index contributed by atoms with van der Waals surface area (Å²) in [5, 5.41) is 12.0. The van der Waals surface area contributed by atoms with E-state index in [2.05, 4.69) is 10.3 Å². The van der Waals surface area contributed by atoms with E-state index in [1.165, 1.54) is 0 Å². The molecule has 0 aliphatic heterocycles. The first-order valence-electron chi connectivity index (χ1n) is 5.22. The largest absolute Gasteiger partial charge is 0.395 e. The Morgan fingerprint density at radius 2 is 2.44 bits per heavy atom. The van der Waals surface area contributed by atoms with Crippen LogP contribution < -0.4 is 5.32 Å². The Balaban J connectivity index is 2.39. The molecule has 90 valence electrons. The Bertz CT molecular complexity index is 310. The molecular formula is C11H18N2O2S. The van der Waals surface area contributed by atoms with Gasteiger partial charge in [-0.3, -0.25) is 4.79 Å². The summed E-state index contributed by atoms with van der Waals surface area (Å²) in [5.41, 5.74) is 0.898. The monoisotopic (exact) mass is 242 g/mol. The van der Waals surface area contributed by atoms with E-state index in [-0.39, 0.29) is 23.8 Å². The highest BCUT2D eigenvalue weighted by Gasteiger charge is 2.17. The zero-order valence-corrected chi connectivity index (χ0v) is 10.4. The van der Waals surface area contributed by atoms with Gasteiger partial charge in [-0.05, 0) is 25.3 Å². The third-order valence-corrected chi connectivity index (χ3v) is 3.61. The summed E-state index contributed by atoms with van der Waals surface area (Å²) in [5.74, 6) is -0.0255. The molecule has 0 radical (unpaired) electrons. The normalized spacial score (nSPS) is 14.4. The predicted molar refractivity (Wildman–Crippen MR) is 66.5 cm³/mol. The number of aliphatic hydroxyl groups excluding tert-OH is 1. The van der Waals surface area contributed by atoms with Crippen LogP contribution in [0.1, 0.15) is 12.6 Å². The predicted octanol–water partition coefficient (Wildman–Crippen LogP) is 0.786. The molecule has 0 saturated heterocycles. The molecule has 1 amide bonds. The van der Waals surface area contributed by atoms with Crippen LogP contribution in [0.25, 0.3) is 0 Å². The van der Waals surface area contributed by atoms with Gasteiger partial charge < -0.3 is 15.4 Å². The Hall–Kier alpha value is -0.940. The Labute approximate surface area is 99.8 Å². The van der Waals surface area contributed by atoms with Gasteiger partial charge in [0, 0.05) is 23.2 Å². The van der Waals surface area contributed by atoms with Crippen molar-refractivity contribution in [2.45, 2.75) is 24.6 Å². The molecular weight excluding hydrogens is 224 g/mol. The second kappa shape index (κ2) is 6.60. The fraction of sp³-hybridized carbons (Fsp3) is 0.545. The lowest BCUT2D eigenvalue weighted by molar-refractivity contribution is -0.121. The highest BCUT2D eigenvalue weighted by molar-refractivity contribution is 7.99. The van der Waals surface area contributed by atoms with Crippen LogP contribution >= 0.6 is 11.8 Å². The first-order chi connectivity index (χ1) is 7.67. The number of carbonyl (C=O) groups excluding carboxylic acids is 1. The number of nitrogens with one attached hydrogen (secondary N) is 2. The van der Waals surface area contributed by atoms with Crippen LogP contribution in [0.4, 0.5) is 0 Å². The molecule has 2 atom stereocenters. The number of amides is 1. The van der Waals surface area contributed by atoms with Gasteiger partial charge in [-0.2, -0.15) is 11.8 Å². The number of hydrogen-bond donors (Lipinski definition) is 3. The summed E-state index contributed by atoms with van der Waals surface area (Å²) >= 11 is 1.56. The van der Waals surface area contributed by atoms with Crippen molar-refractivity contribution in [1.29, 1.82) is 0 Å². The number of thioether (sulfide) groups is 1.